The van der Waals surface area contributed by atoms with Gasteiger partial charge in [0, 0.05) is 45.2 Å². The maximum Gasteiger partial charge on any atom is 0.234 e. The van der Waals surface area contributed by atoms with Gasteiger partial charge in [-0.3, -0.25) is 29.4 Å². The molecule has 6 fully saturated rings. The molecule has 0 spiro atoms. The van der Waals surface area contributed by atoms with Crippen molar-refractivity contribution < 1.29 is 163 Å². The van der Waals surface area contributed by atoms with Crippen LogP contribution in [0.1, 0.15) is 125 Å². The summed E-state index contributed by atoms with van der Waals surface area (Å²) in [5.74, 6) is -0.859. The SMILES string of the molecule is CC(=O)[C@H](CCCCN)NNC(=O)CCCCC(=O)NCCO[C@H]1O[C@H](CO[C@@H]2O[C@H](C)[C@@H](O)[C@H](O)[C@@H]2O)[C@@H](O)[C@H](O[C@H]2O[C@@H](C)[C@@H](O)[C@@H](O)[C@@H]2O)[C@@H]1O.CCNC(=O)CCCCC(=O)CCCO[C@H]1O[C@H](CO[C@@H]2O[C@H](C)[C@@H](O)[C@H](O)[C@@H]2O)[C@@H](O)[C@H](O[C@H]2O[C@@H](C)[C@@H](O)[C@@H](O)[C@@H]2O)[C@@H]1O. The van der Waals surface area contributed by atoms with Gasteiger partial charge in [-0.25, -0.2) is 5.43 Å². The number of ether oxygens (including phenoxy) is 12. The molecule has 6 saturated heterocycles. The Morgan fingerprint density at radius 2 is 0.770 bits per heavy atom. The quantitative estimate of drug-likeness (QED) is 0.0203. The summed E-state index contributed by atoms with van der Waals surface area (Å²) >= 11 is 0. The molecule has 0 aromatic rings. The van der Waals surface area contributed by atoms with E-state index in [1.165, 1.54) is 34.6 Å². The highest BCUT2D eigenvalue weighted by molar-refractivity contribution is 5.82. The molecule has 0 unspecified atom stereocenters. The summed E-state index contributed by atoms with van der Waals surface area (Å²) < 4.78 is 67.3. The van der Waals surface area contributed by atoms with Crippen molar-refractivity contribution in [3.8, 4) is 0 Å². The summed E-state index contributed by atoms with van der Waals surface area (Å²) in [7, 11) is 0. The van der Waals surface area contributed by atoms with Crippen LogP contribution in [0.4, 0.5) is 0 Å². The van der Waals surface area contributed by atoms with Gasteiger partial charge in [0.2, 0.25) is 17.7 Å². The van der Waals surface area contributed by atoms with Crippen molar-refractivity contribution >= 4 is 29.3 Å². The van der Waals surface area contributed by atoms with Crippen molar-refractivity contribution in [1.82, 2.24) is 21.5 Å². The molecule has 6 aliphatic rings. The second kappa shape index (κ2) is 43.2. The first-order valence-electron chi connectivity index (χ1n) is 34.2. The van der Waals surface area contributed by atoms with Crippen molar-refractivity contribution in [1.29, 1.82) is 0 Å². The molecule has 0 aliphatic carbocycles. The molecule has 0 radical (unpaired) electrons. The predicted octanol–water partition coefficient (Wildman–Crippen LogP) is -8.56. The number of carbonyl (C=O) groups excluding carboxylic acids is 5. The molecule has 3 amide bonds. The Morgan fingerprint density at radius 3 is 1.19 bits per heavy atom. The molecule has 100 heavy (non-hydrogen) atoms. The van der Waals surface area contributed by atoms with Crippen molar-refractivity contribution in [2.24, 2.45) is 5.73 Å². The zero-order valence-electron chi connectivity index (χ0n) is 57.2. The van der Waals surface area contributed by atoms with Crippen LogP contribution in [0.15, 0.2) is 0 Å². The summed E-state index contributed by atoms with van der Waals surface area (Å²) in [6.07, 6.45) is -38.9. The van der Waals surface area contributed by atoms with Gasteiger partial charge in [0.15, 0.2) is 37.7 Å². The minimum absolute atomic E-state index is 0.0293. The fourth-order valence-corrected chi connectivity index (χ4v) is 11.5. The smallest absolute Gasteiger partial charge is 0.234 e. The molecular formula is C62H111N5O33. The standard InChI is InChI=1S/C33H60N4O17.C29H51NO16/c1-15(38)18(8-6-7-11-34)36-37-21(40)10-5-4-9-20(39)35-12-13-49-32-29(48)30(54-33-28(47)26(45)23(42)17(3)52-33)24(43)19(53-32)14-50-31-27(46)25(44)22(41)16(2)51-31;1-4-30-17(32)10-6-5-8-15(31)9-7-11-41-28-25(40)26(46-29-24(39)22(37)19(34)14(3)44-29)20(35)16(45-28)12-42-27-23(38)21(36)18(33)13(2)43-27/h16-19,22-33,36,41-48H,4-14,34H2,1-3H3,(H,35,39)(H,37,40);13-14,16,18-29,33-40H,4-12H2,1-3H3,(H,30,32)/t16-,17+,18+,19-,22-,23-,24-,25+,26-,27+,28+,29+,30+,31-,32+,33-;13-,14+,16-,18-,19-,20-,21+,22-,23+,24+,25+,26+,27-,28+,29-/m11/s1. The molecular weight excluding hydrogens is 1340 g/mol. The second-order valence-corrected chi connectivity index (χ2v) is 25.9. The number of Topliss-reactive ketones (excluding diaryl/α,β-unsaturated/α-hetero) is 2. The Kier molecular flexibility index (Phi) is 37.7. The first kappa shape index (κ1) is 87.2. The topological polar surface area (TPSA) is 594 Å². The molecule has 582 valence electrons. The maximum absolute atomic E-state index is 12.4. The number of hydrogen-bond acceptors (Lipinski definition) is 35. The normalized spacial score (nSPS) is 39.5. The van der Waals surface area contributed by atoms with E-state index in [4.69, 9.17) is 62.6 Å². The number of nitrogens with one attached hydrogen (secondary N) is 4. The van der Waals surface area contributed by atoms with Gasteiger partial charge in [0.25, 0.3) is 0 Å². The van der Waals surface area contributed by atoms with Gasteiger partial charge in [-0.05, 0) is 93.0 Å². The Hall–Kier alpha value is -3.45. The van der Waals surface area contributed by atoms with Crippen molar-refractivity contribution in [3.63, 3.8) is 0 Å². The lowest BCUT2D eigenvalue weighted by atomic mass is 9.97. The Balaban J connectivity index is 0.000000365. The molecule has 0 aromatic heterocycles. The molecule has 38 nitrogen and oxygen atoms in total. The summed E-state index contributed by atoms with van der Waals surface area (Å²) in [5, 5.41) is 172. The van der Waals surface area contributed by atoms with Crippen molar-refractivity contribution in [2.45, 2.75) is 315 Å². The lowest BCUT2D eigenvalue weighted by Gasteiger charge is -2.46. The molecule has 6 heterocycles. The molecule has 0 saturated carbocycles. The summed E-state index contributed by atoms with van der Waals surface area (Å²) in [6, 6.07) is -0.511. The second-order valence-electron chi connectivity index (χ2n) is 25.9. The van der Waals surface area contributed by atoms with E-state index in [0.29, 0.717) is 58.0 Å². The van der Waals surface area contributed by atoms with Gasteiger partial charge >= 0.3 is 0 Å². The molecule has 0 aromatic carbocycles. The zero-order valence-corrected chi connectivity index (χ0v) is 57.2. The van der Waals surface area contributed by atoms with E-state index in [1.807, 2.05) is 6.92 Å². The van der Waals surface area contributed by atoms with E-state index in [1.54, 1.807) is 0 Å². The van der Waals surface area contributed by atoms with Crippen LogP contribution in [0.2, 0.25) is 0 Å². The number of aliphatic hydroxyl groups is 16. The number of carbonyl (C=O) groups is 5. The number of nitrogens with two attached hydrogens (primary N) is 1. The van der Waals surface area contributed by atoms with Gasteiger partial charge in [-0.15, -0.1) is 0 Å². The van der Waals surface area contributed by atoms with Crippen LogP contribution >= 0.6 is 0 Å². The highest BCUT2D eigenvalue weighted by atomic mass is 16.8. The minimum atomic E-state index is -1.77. The molecule has 6 aliphatic heterocycles. The number of unbranched alkanes of at least 4 members (excludes halogenated alkanes) is 3. The fraction of sp³-hybridized carbons (Fsp3) is 0.919. The maximum atomic E-state index is 12.4. The molecule has 38 heteroatoms. The van der Waals surface area contributed by atoms with Crippen LogP contribution in [0.5, 0.6) is 0 Å². The Labute approximate surface area is 578 Å². The minimum Gasteiger partial charge on any atom is -0.388 e. The fourth-order valence-electron chi connectivity index (χ4n) is 11.5. The lowest BCUT2D eigenvalue weighted by Crippen LogP contribution is -2.64. The summed E-state index contributed by atoms with van der Waals surface area (Å²) in [4.78, 5) is 60.2. The van der Waals surface area contributed by atoms with Crippen molar-refractivity contribution in [3.05, 3.63) is 0 Å². The molecule has 0 bridgehead atoms. The Morgan fingerprint density at radius 1 is 0.400 bits per heavy atom. The number of amides is 3. The van der Waals surface area contributed by atoms with E-state index in [-0.39, 0.29) is 74.7 Å². The van der Waals surface area contributed by atoms with Crippen LogP contribution in [-0.2, 0) is 80.8 Å². The monoisotopic (exact) mass is 1450 g/mol. The van der Waals surface area contributed by atoms with Crippen LogP contribution in [-0.4, -0.2) is 347 Å². The Bertz CT molecular complexity index is 2420. The van der Waals surface area contributed by atoms with Crippen LogP contribution in [0.25, 0.3) is 0 Å². The van der Waals surface area contributed by atoms with Crippen LogP contribution in [0.3, 0.4) is 0 Å². The summed E-state index contributed by atoms with van der Waals surface area (Å²) in [5.41, 5.74) is 10.8. The van der Waals surface area contributed by atoms with Crippen LogP contribution < -0.4 is 27.2 Å². The van der Waals surface area contributed by atoms with Gasteiger partial charge in [0.1, 0.15) is 134 Å². The number of aliphatic hydroxyl groups excluding tert-OH is 16. The highest BCUT2D eigenvalue weighted by Gasteiger charge is 2.54. The molecule has 6 rings (SSSR count). The first-order chi connectivity index (χ1) is 47.3. The third kappa shape index (κ3) is 25.7. The number of ketones is 2. The van der Waals surface area contributed by atoms with E-state index in [0.717, 1.165) is 12.8 Å². The largest absolute Gasteiger partial charge is 0.388 e. The first-order valence-corrected chi connectivity index (χ1v) is 34.2. The third-order valence-electron chi connectivity index (χ3n) is 17.9. The van der Waals surface area contributed by atoms with Crippen LogP contribution in [0, 0.1) is 0 Å². The third-order valence-corrected chi connectivity index (χ3v) is 17.9. The number of hydrogen-bond donors (Lipinski definition) is 21. The van der Waals surface area contributed by atoms with E-state index >= 15 is 0 Å². The highest BCUT2D eigenvalue weighted by Crippen LogP contribution is 2.34. The zero-order chi connectivity index (χ0) is 74.2. The summed E-state index contributed by atoms with van der Waals surface area (Å²) in [6.45, 7) is 8.81. The average molecular weight is 1450 g/mol. The molecule has 22 N–H and O–H groups in total. The van der Waals surface area contributed by atoms with Gasteiger partial charge in [0.05, 0.1) is 56.9 Å². The predicted molar refractivity (Wildman–Crippen MR) is 336 cm³/mol. The van der Waals surface area contributed by atoms with E-state index in [2.05, 4.69) is 21.5 Å². The number of rotatable bonds is 37. The average Bonchev–Trinajstić information content (AvgIpc) is 0.791. The van der Waals surface area contributed by atoms with Crippen molar-refractivity contribution in [2.75, 3.05) is 46.1 Å². The van der Waals surface area contributed by atoms with E-state index < -0.39 is 203 Å². The van der Waals surface area contributed by atoms with Gasteiger partial charge in [-0.1, -0.05) is 6.42 Å². The number of hydrazine groups is 1. The van der Waals surface area contributed by atoms with Gasteiger partial charge < -0.3 is 155 Å². The lowest BCUT2D eigenvalue weighted by molar-refractivity contribution is -0.363. The van der Waals surface area contributed by atoms with E-state index in [9.17, 15) is 106 Å². The van der Waals surface area contributed by atoms with Gasteiger partial charge in [-0.2, -0.15) is 0 Å². The molecule has 31 atom stereocenters.